The SMILES string of the molecule is Cc1cc(F)cc(S(=O)(=O)N(CCN)CCc2ccccc2)c1. The van der Waals surface area contributed by atoms with Gasteiger partial charge < -0.3 is 5.73 Å². The lowest BCUT2D eigenvalue weighted by molar-refractivity contribution is 0.421. The second-order valence-corrected chi connectivity index (χ2v) is 7.33. The van der Waals surface area contributed by atoms with E-state index in [0.29, 0.717) is 18.5 Å². The maximum atomic E-state index is 13.6. The van der Waals surface area contributed by atoms with Gasteiger partial charge in [-0.25, -0.2) is 12.8 Å². The third-order valence-electron chi connectivity index (χ3n) is 3.52. The van der Waals surface area contributed by atoms with Crippen molar-refractivity contribution in [2.75, 3.05) is 19.6 Å². The van der Waals surface area contributed by atoms with Crippen molar-refractivity contribution in [1.82, 2.24) is 4.31 Å². The first-order valence-corrected chi connectivity index (χ1v) is 8.89. The number of hydrogen-bond donors (Lipinski definition) is 1. The van der Waals surface area contributed by atoms with Gasteiger partial charge in [-0.1, -0.05) is 30.3 Å². The summed E-state index contributed by atoms with van der Waals surface area (Å²) in [5.74, 6) is -0.556. The molecule has 4 nitrogen and oxygen atoms in total. The number of aryl methyl sites for hydroxylation is 1. The summed E-state index contributed by atoms with van der Waals surface area (Å²) < 4.78 is 40.4. The Hall–Kier alpha value is -1.76. The first-order chi connectivity index (χ1) is 10.9. The van der Waals surface area contributed by atoms with Gasteiger partial charge in [0.05, 0.1) is 4.90 Å². The first kappa shape index (κ1) is 17.6. The molecule has 0 aliphatic rings. The molecule has 0 saturated heterocycles. The molecule has 0 spiro atoms. The fourth-order valence-corrected chi connectivity index (χ4v) is 3.97. The lowest BCUT2D eigenvalue weighted by Gasteiger charge is -2.22. The number of nitrogens with two attached hydrogens (primary N) is 1. The Labute approximate surface area is 136 Å². The minimum absolute atomic E-state index is 0.0310. The zero-order valence-corrected chi connectivity index (χ0v) is 13.9. The molecule has 0 atom stereocenters. The quantitative estimate of drug-likeness (QED) is 0.844. The van der Waals surface area contributed by atoms with Gasteiger partial charge in [-0.05, 0) is 42.7 Å². The fourth-order valence-electron chi connectivity index (χ4n) is 2.40. The Bertz CT molecular complexity index is 728. The van der Waals surface area contributed by atoms with Gasteiger partial charge in [0.15, 0.2) is 0 Å². The third-order valence-corrected chi connectivity index (χ3v) is 5.40. The fraction of sp³-hybridized carbons (Fsp3) is 0.294. The lowest BCUT2D eigenvalue weighted by Crippen LogP contribution is -2.37. The van der Waals surface area contributed by atoms with Crippen LogP contribution in [0.15, 0.2) is 53.4 Å². The van der Waals surface area contributed by atoms with Crippen molar-refractivity contribution in [1.29, 1.82) is 0 Å². The summed E-state index contributed by atoms with van der Waals surface area (Å²) in [6.07, 6.45) is 0.578. The molecule has 0 unspecified atom stereocenters. The highest BCUT2D eigenvalue weighted by Gasteiger charge is 2.24. The monoisotopic (exact) mass is 336 g/mol. The summed E-state index contributed by atoms with van der Waals surface area (Å²) in [5.41, 5.74) is 7.16. The van der Waals surface area contributed by atoms with Gasteiger partial charge in [0.25, 0.3) is 0 Å². The Morgan fingerprint density at radius 3 is 2.39 bits per heavy atom. The molecule has 0 saturated carbocycles. The van der Waals surface area contributed by atoms with Crippen LogP contribution in [-0.2, 0) is 16.4 Å². The molecule has 0 fully saturated rings. The normalized spacial score (nSPS) is 11.8. The smallest absolute Gasteiger partial charge is 0.243 e. The van der Waals surface area contributed by atoms with Crippen molar-refractivity contribution in [2.45, 2.75) is 18.2 Å². The number of rotatable bonds is 7. The molecular weight excluding hydrogens is 315 g/mol. The molecule has 0 heterocycles. The van der Waals surface area contributed by atoms with Crippen LogP contribution in [0.5, 0.6) is 0 Å². The average Bonchev–Trinajstić information content (AvgIpc) is 2.51. The van der Waals surface area contributed by atoms with E-state index in [9.17, 15) is 12.8 Å². The average molecular weight is 336 g/mol. The zero-order chi connectivity index (χ0) is 16.9. The van der Waals surface area contributed by atoms with Gasteiger partial charge in [0, 0.05) is 19.6 Å². The molecule has 0 amide bonds. The van der Waals surface area contributed by atoms with Crippen LogP contribution >= 0.6 is 0 Å². The van der Waals surface area contributed by atoms with Gasteiger partial charge in [0.1, 0.15) is 5.82 Å². The molecule has 6 heteroatoms. The zero-order valence-electron chi connectivity index (χ0n) is 13.1. The van der Waals surface area contributed by atoms with E-state index in [1.807, 2.05) is 30.3 Å². The molecule has 124 valence electrons. The van der Waals surface area contributed by atoms with Crippen LogP contribution in [0.25, 0.3) is 0 Å². The maximum Gasteiger partial charge on any atom is 0.243 e. The first-order valence-electron chi connectivity index (χ1n) is 7.45. The molecule has 0 aromatic heterocycles. The van der Waals surface area contributed by atoms with E-state index in [0.717, 1.165) is 11.6 Å². The largest absolute Gasteiger partial charge is 0.329 e. The molecule has 0 aliphatic carbocycles. The molecule has 0 bridgehead atoms. The molecule has 23 heavy (non-hydrogen) atoms. The molecule has 2 rings (SSSR count). The van der Waals surface area contributed by atoms with Crippen molar-refractivity contribution in [2.24, 2.45) is 5.73 Å². The second kappa shape index (κ2) is 7.68. The summed E-state index contributed by atoms with van der Waals surface area (Å²) in [7, 11) is -3.77. The third kappa shape index (κ3) is 4.60. The van der Waals surface area contributed by atoms with Crippen molar-refractivity contribution in [3.63, 3.8) is 0 Å². The van der Waals surface area contributed by atoms with E-state index in [1.54, 1.807) is 6.92 Å². The number of nitrogens with zero attached hydrogens (tertiary/aromatic N) is 1. The van der Waals surface area contributed by atoms with Crippen molar-refractivity contribution >= 4 is 10.0 Å². The van der Waals surface area contributed by atoms with E-state index in [-0.39, 0.29) is 18.0 Å². The highest BCUT2D eigenvalue weighted by molar-refractivity contribution is 7.89. The summed E-state index contributed by atoms with van der Waals surface area (Å²) in [6, 6.07) is 13.4. The Balaban J connectivity index is 2.24. The predicted molar refractivity (Wildman–Crippen MR) is 89.1 cm³/mol. The van der Waals surface area contributed by atoms with Crippen LogP contribution in [0.3, 0.4) is 0 Å². The van der Waals surface area contributed by atoms with Crippen LogP contribution in [0.2, 0.25) is 0 Å². The Morgan fingerprint density at radius 1 is 1.09 bits per heavy atom. The Morgan fingerprint density at radius 2 is 1.78 bits per heavy atom. The standard InChI is InChI=1S/C17H21FN2O2S/c1-14-11-16(18)13-17(12-14)23(21,22)20(10-8-19)9-7-15-5-3-2-4-6-15/h2-6,11-13H,7-10,19H2,1H3. The molecule has 0 radical (unpaired) electrons. The number of hydrogen-bond acceptors (Lipinski definition) is 3. The topological polar surface area (TPSA) is 63.4 Å². The van der Waals surface area contributed by atoms with Crippen molar-refractivity contribution in [3.05, 3.63) is 65.5 Å². The Kier molecular flexibility index (Phi) is 5.87. The minimum atomic E-state index is -3.77. The van der Waals surface area contributed by atoms with Gasteiger partial charge >= 0.3 is 0 Å². The second-order valence-electron chi connectivity index (χ2n) is 5.39. The molecule has 0 aliphatic heterocycles. The maximum absolute atomic E-state index is 13.6. The van der Waals surface area contributed by atoms with E-state index in [4.69, 9.17) is 5.73 Å². The van der Waals surface area contributed by atoms with E-state index >= 15 is 0 Å². The minimum Gasteiger partial charge on any atom is -0.329 e. The van der Waals surface area contributed by atoms with Crippen LogP contribution in [0, 0.1) is 12.7 Å². The summed E-state index contributed by atoms with van der Waals surface area (Å²) in [5, 5.41) is 0. The summed E-state index contributed by atoms with van der Waals surface area (Å²) >= 11 is 0. The van der Waals surface area contributed by atoms with Gasteiger partial charge in [-0.15, -0.1) is 0 Å². The molecule has 2 aromatic carbocycles. The molecular formula is C17H21FN2O2S. The van der Waals surface area contributed by atoms with E-state index in [1.165, 1.54) is 16.4 Å². The highest BCUT2D eigenvalue weighted by atomic mass is 32.2. The van der Waals surface area contributed by atoms with E-state index in [2.05, 4.69) is 0 Å². The number of benzene rings is 2. The van der Waals surface area contributed by atoms with Gasteiger partial charge in [-0.2, -0.15) is 4.31 Å². The van der Waals surface area contributed by atoms with Crippen LogP contribution < -0.4 is 5.73 Å². The van der Waals surface area contributed by atoms with E-state index < -0.39 is 15.8 Å². The van der Waals surface area contributed by atoms with Gasteiger partial charge in [-0.3, -0.25) is 0 Å². The van der Waals surface area contributed by atoms with Crippen LogP contribution in [-0.4, -0.2) is 32.4 Å². The highest BCUT2D eigenvalue weighted by Crippen LogP contribution is 2.19. The number of halogens is 1. The van der Waals surface area contributed by atoms with Crippen molar-refractivity contribution < 1.29 is 12.8 Å². The van der Waals surface area contributed by atoms with Crippen LogP contribution in [0.1, 0.15) is 11.1 Å². The molecule has 2 aromatic rings. The van der Waals surface area contributed by atoms with Crippen molar-refractivity contribution in [3.8, 4) is 0 Å². The van der Waals surface area contributed by atoms with Crippen LogP contribution in [0.4, 0.5) is 4.39 Å². The number of sulfonamides is 1. The predicted octanol–water partition coefficient (Wildman–Crippen LogP) is 2.33. The van der Waals surface area contributed by atoms with Gasteiger partial charge in [0.2, 0.25) is 10.0 Å². The lowest BCUT2D eigenvalue weighted by atomic mass is 10.1. The molecule has 2 N–H and O–H groups in total. The summed E-state index contributed by atoms with van der Waals surface area (Å²) in [6.45, 7) is 2.38. The summed E-state index contributed by atoms with van der Waals surface area (Å²) in [4.78, 5) is -0.0310.